The maximum Gasteiger partial charge on any atom is 0.312 e. The van der Waals surface area contributed by atoms with Crippen molar-refractivity contribution in [1.29, 1.82) is 0 Å². The van der Waals surface area contributed by atoms with E-state index in [9.17, 15) is 4.79 Å². The second kappa shape index (κ2) is 8.05. The Labute approximate surface area is 170 Å². The van der Waals surface area contributed by atoms with Crippen molar-refractivity contribution in [2.24, 2.45) is 16.2 Å². The van der Waals surface area contributed by atoms with E-state index in [-0.39, 0.29) is 22.4 Å². The van der Waals surface area contributed by atoms with Gasteiger partial charge >= 0.3 is 5.97 Å². The third-order valence-corrected chi connectivity index (χ3v) is 4.25. The molecule has 162 valence electrons. The van der Waals surface area contributed by atoms with Crippen LogP contribution in [0.1, 0.15) is 116 Å². The zero-order valence-electron chi connectivity index (χ0n) is 20.8. The van der Waals surface area contributed by atoms with Crippen molar-refractivity contribution in [3.05, 3.63) is 0 Å². The van der Waals surface area contributed by atoms with Gasteiger partial charge in [0.15, 0.2) is 0 Å². The van der Waals surface area contributed by atoms with Crippen LogP contribution in [0.3, 0.4) is 0 Å². The third kappa shape index (κ3) is 11.8. The van der Waals surface area contributed by atoms with Gasteiger partial charge in [0.05, 0.1) is 16.6 Å². The molecule has 0 unspecified atom stereocenters. The van der Waals surface area contributed by atoms with Crippen molar-refractivity contribution in [2.75, 3.05) is 0 Å². The van der Waals surface area contributed by atoms with Crippen LogP contribution >= 0.6 is 0 Å². The summed E-state index contributed by atoms with van der Waals surface area (Å²) in [6.07, 6.45) is 2.39. The minimum Gasteiger partial charge on any atom is -0.459 e. The van der Waals surface area contributed by atoms with Crippen molar-refractivity contribution < 1.29 is 14.3 Å². The molecule has 0 radical (unpaired) electrons. The number of carbonyl (C=O) groups is 1. The largest absolute Gasteiger partial charge is 0.459 e. The van der Waals surface area contributed by atoms with E-state index in [1.54, 1.807) is 0 Å². The van der Waals surface area contributed by atoms with Crippen LogP contribution in [-0.2, 0) is 14.3 Å². The quantitative estimate of drug-likeness (QED) is 0.416. The fraction of sp³-hybridized carbons (Fsp3) is 0.958. The topological polar surface area (TPSA) is 35.5 Å². The summed E-state index contributed by atoms with van der Waals surface area (Å²) in [6, 6.07) is 0. The Hall–Kier alpha value is -0.570. The highest BCUT2D eigenvalue weighted by Crippen LogP contribution is 2.38. The summed E-state index contributed by atoms with van der Waals surface area (Å²) >= 11 is 0. The van der Waals surface area contributed by atoms with Gasteiger partial charge in [0.2, 0.25) is 0 Å². The van der Waals surface area contributed by atoms with Crippen molar-refractivity contribution in [3.63, 3.8) is 0 Å². The van der Waals surface area contributed by atoms with Crippen molar-refractivity contribution >= 4 is 5.97 Å². The number of ether oxygens (including phenoxy) is 2. The van der Waals surface area contributed by atoms with E-state index >= 15 is 0 Å². The monoisotopic (exact) mass is 384 g/mol. The molecule has 0 rings (SSSR count). The molecule has 0 aliphatic heterocycles. The summed E-state index contributed by atoms with van der Waals surface area (Å²) in [7, 11) is 0. The van der Waals surface area contributed by atoms with E-state index in [1.165, 1.54) is 0 Å². The molecule has 0 aromatic heterocycles. The van der Waals surface area contributed by atoms with Crippen LogP contribution in [0.2, 0.25) is 0 Å². The van der Waals surface area contributed by atoms with Gasteiger partial charge in [-0.15, -0.1) is 0 Å². The fourth-order valence-corrected chi connectivity index (χ4v) is 4.95. The number of esters is 1. The number of rotatable bonds is 8. The highest BCUT2D eigenvalue weighted by atomic mass is 16.6. The maximum absolute atomic E-state index is 12.9. The molecule has 0 amide bonds. The number of hydrogen-bond donors (Lipinski definition) is 0. The van der Waals surface area contributed by atoms with Gasteiger partial charge in [-0.1, -0.05) is 41.5 Å². The third-order valence-electron chi connectivity index (χ3n) is 4.25. The molecular formula is C24H48O3. The van der Waals surface area contributed by atoms with Crippen molar-refractivity contribution in [3.8, 4) is 0 Å². The van der Waals surface area contributed by atoms with E-state index in [0.29, 0.717) is 6.42 Å². The smallest absolute Gasteiger partial charge is 0.312 e. The first-order chi connectivity index (χ1) is 11.5. The summed E-state index contributed by atoms with van der Waals surface area (Å²) in [5, 5.41) is 0. The molecule has 0 saturated carbocycles. The van der Waals surface area contributed by atoms with E-state index in [1.807, 2.05) is 27.7 Å². The van der Waals surface area contributed by atoms with Crippen LogP contribution in [0.15, 0.2) is 0 Å². The van der Waals surface area contributed by atoms with E-state index in [0.717, 1.165) is 12.8 Å². The molecule has 0 saturated heterocycles. The van der Waals surface area contributed by atoms with Gasteiger partial charge in [-0.25, -0.2) is 0 Å². The highest BCUT2D eigenvalue weighted by Gasteiger charge is 2.41. The molecule has 3 nitrogen and oxygen atoms in total. The lowest BCUT2D eigenvalue weighted by Gasteiger charge is -2.43. The second-order valence-corrected chi connectivity index (χ2v) is 13.3. The molecule has 3 heteroatoms. The van der Waals surface area contributed by atoms with Gasteiger partial charge in [0.1, 0.15) is 5.60 Å². The summed E-state index contributed by atoms with van der Waals surface area (Å²) in [5.41, 5.74) is -1.47. The van der Waals surface area contributed by atoms with Crippen LogP contribution in [0.4, 0.5) is 0 Å². The molecule has 0 aliphatic rings. The SMILES string of the molecule is CC(C)(C)CC(C)(C)OC(C)(C)CC(C)(C)OC(=O)C(C)(C)CC(C)(C)C. The Morgan fingerprint density at radius 1 is 0.556 bits per heavy atom. The Morgan fingerprint density at radius 2 is 0.926 bits per heavy atom. The molecule has 0 spiro atoms. The van der Waals surface area contributed by atoms with Gasteiger partial charge in [-0.3, -0.25) is 4.79 Å². The summed E-state index contributed by atoms with van der Waals surface area (Å²) in [5.74, 6) is -0.132. The van der Waals surface area contributed by atoms with Crippen LogP contribution < -0.4 is 0 Å². The van der Waals surface area contributed by atoms with E-state index in [2.05, 4.69) is 69.2 Å². The summed E-state index contributed by atoms with van der Waals surface area (Å²) < 4.78 is 12.5. The van der Waals surface area contributed by atoms with Crippen LogP contribution in [0.5, 0.6) is 0 Å². The molecule has 0 heterocycles. The number of carbonyl (C=O) groups excluding carboxylic acids is 1. The predicted octanol–water partition coefficient (Wildman–Crippen LogP) is 7.17. The average molecular weight is 385 g/mol. The number of hydrogen-bond acceptors (Lipinski definition) is 3. The van der Waals surface area contributed by atoms with Gasteiger partial charge in [0.25, 0.3) is 0 Å². The lowest BCUT2D eigenvalue weighted by molar-refractivity contribution is -0.186. The minimum absolute atomic E-state index is 0.0754. The van der Waals surface area contributed by atoms with Gasteiger partial charge in [-0.2, -0.15) is 0 Å². The van der Waals surface area contributed by atoms with Gasteiger partial charge in [0, 0.05) is 6.42 Å². The van der Waals surface area contributed by atoms with Crippen molar-refractivity contribution in [2.45, 2.75) is 133 Å². The first-order valence-electron chi connectivity index (χ1n) is 10.4. The van der Waals surface area contributed by atoms with Crippen LogP contribution in [0.25, 0.3) is 0 Å². The molecule has 27 heavy (non-hydrogen) atoms. The van der Waals surface area contributed by atoms with Gasteiger partial charge < -0.3 is 9.47 Å². The lowest BCUT2D eigenvalue weighted by atomic mass is 9.76. The molecular weight excluding hydrogens is 336 g/mol. The van der Waals surface area contributed by atoms with E-state index in [4.69, 9.17) is 9.47 Å². The molecule has 0 N–H and O–H groups in total. The fourth-order valence-electron chi connectivity index (χ4n) is 4.95. The molecule has 0 fully saturated rings. The predicted molar refractivity (Wildman–Crippen MR) is 116 cm³/mol. The van der Waals surface area contributed by atoms with Gasteiger partial charge in [-0.05, 0) is 79.1 Å². The first-order valence-corrected chi connectivity index (χ1v) is 10.4. The zero-order valence-corrected chi connectivity index (χ0v) is 20.8. The molecule has 0 bridgehead atoms. The van der Waals surface area contributed by atoms with Crippen LogP contribution in [0, 0.1) is 16.2 Å². The normalized spacial score (nSPS) is 15.0. The van der Waals surface area contributed by atoms with Crippen molar-refractivity contribution in [1.82, 2.24) is 0 Å². The summed E-state index contributed by atoms with van der Waals surface area (Å²) in [6.45, 7) is 29.5. The molecule has 0 aromatic rings. The minimum atomic E-state index is -0.590. The first kappa shape index (κ1) is 26.4. The molecule has 0 aromatic carbocycles. The standard InChI is InChI=1S/C24H48O3/c1-19(2,3)15-21(7,8)18(25)26-22(9,10)17-24(13,14)27-23(11,12)16-20(4,5)6/h15-17H2,1-14H3. The molecule has 0 aliphatic carbocycles. The summed E-state index contributed by atoms with van der Waals surface area (Å²) in [4.78, 5) is 12.9. The Bertz CT molecular complexity index is 497. The Kier molecular flexibility index (Phi) is 7.88. The second-order valence-electron chi connectivity index (χ2n) is 13.3. The van der Waals surface area contributed by atoms with Crippen LogP contribution in [-0.4, -0.2) is 22.8 Å². The Balaban J connectivity index is 5.10. The average Bonchev–Trinajstić information content (AvgIpc) is 2.15. The van der Waals surface area contributed by atoms with E-state index < -0.39 is 16.6 Å². The lowest BCUT2D eigenvalue weighted by Crippen LogP contribution is -2.46. The Morgan fingerprint density at radius 3 is 1.30 bits per heavy atom. The highest BCUT2D eigenvalue weighted by molar-refractivity contribution is 5.76. The maximum atomic E-state index is 12.9. The zero-order chi connectivity index (χ0) is 22.1. The molecule has 0 atom stereocenters.